The summed E-state index contributed by atoms with van der Waals surface area (Å²) in [5, 5.41) is 4.34. The lowest BCUT2D eigenvalue weighted by Gasteiger charge is -2.38. The third-order valence-electron chi connectivity index (χ3n) is 2.23. The van der Waals surface area contributed by atoms with Crippen LogP contribution in [0, 0.1) is 0 Å². The molecular weight excluding hydrogens is 128 g/mol. The van der Waals surface area contributed by atoms with Crippen LogP contribution in [0.15, 0.2) is 0 Å². The summed E-state index contributed by atoms with van der Waals surface area (Å²) in [6.45, 7) is 6.07. The molecule has 0 saturated carbocycles. The fourth-order valence-electron chi connectivity index (χ4n) is 1.59. The van der Waals surface area contributed by atoms with Crippen molar-refractivity contribution >= 4 is 0 Å². The van der Waals surface area contributed by atoms with Crippen LogP contribution >= 0.6 is 0 Å². The van der Waals surface area contributed by atoms with Crippen LogP contribution in [0.4, 0.5) is 0 Å². The molecule has 3 nitrogen and oxygen atoms in total. The molecule has 2 rings (SSSR count). The van der Waals surface area contributed by atoms with E-state index in [4.69, 9.17) is 4.74 Å². The van der Waals surface area contributed by atoms with Crippen LogP contribution in [-0.4, -0.2) is 50.3 Å². The Balaban J connectivity index is 1.93. The molecule has 2 aliphatic rings. The van der Waals surface area contributed by atoms with Gasteiger partial charge in [0.1, 0.15) is 0 Å². The molecule has 1 unspecified atom stereocenters. The first kappa shape index (κ1) is 6.58. The number of nitrogens with zero attached hydrogens (tertiary/aromatic N) is 2. The molecule has 2 aliphatic heterocycles. The number of ether oxygens (including phenoxy) is 1. The molecule has 0 bridgehead atoms. The van der Waals surface area contributed by atoms with E-state index in [9.17, 15) is 0 Å². The SMILES string of the molecule is C1CN2CCOCC2C[N]1. The van der Waals surface area contributed by atoms with Crippen molar-refractivity contribution in [1.82, 2.24) is 10.2 Å². The Labute approximate surface area is 61.3 Å². The number of piperazine rings is 1. The van der Waals surface area contributed by atoms with E-state index in [1.807, 2.05) is 0 Å². The lowest BCUT2D eigenvalue weighted by Crippen LogP contribution is -2.54. The molecular formula is C7H13N2O. The third kappa shape index (κ3) is 1.17. The monoisotopic (exact) mass is 141 g/mol. The summed E-state index contributed by atoms with van der Waals surface area (Å²) >= 11 is 0. The Hall–Kier alpha value is -0.120. The second-order valence-electron chi connectivity index (χ2n) is 2.89. The maximum Gasteiger partial charge on any atom is 0.0635 e. The maximum absolute atomic E-state index is 5.34. The van der Waals surface area contributed by atoms with Gasteiger partial charge in [0.15, 0.2) is 0 Å². The summed E-state index contributed by atoms with van der Waals surface area (Å²) in [5.74, 6) is 0. The zero-order chi connectivity index (χ0) is 6.81. The summed E-state index contributed by atoms with van der Waals surface area (Å²) in [7, 11) is 0. The van der Waals surface area contributed by atoms with Crippen molar-refractivity contribution in [2.24, 2.45) is 0 Å². The molecule has 1 radical (unpaired) electrons. The number of fused-ring (bicyclic) bond motifs is 1. The number of morpholine rings is 1. The first-order valence-corrected chi connectivity index (χ1v) is 3.92. The molecule has 0 amide bonds. The molecule has 0 aromatic carbocycles. The lowest BCUT2D eigenvalue weighted by atomic mass is 10.2. The van der Waals surface area contributed by atoms with Crippen molar-refractivity contribution in [3.8, 4) is 0 Å². The smallest absolute Gasteiger partial charge is 0.0635 e. The van der Waals surface area contributed by atoms with Gasteiger partial charge >= 0.3 is 0 Å². The van der Waals surface area contributed by atoms with E-state index >= 15 is 0 Å². The zero-order valence-electron chi connectivity index (χ0n) is 6.12. The van der Waals surface area contributed by atoms with Crippen LogP contribution in [-0.2, 0) is 4.74 Å². The first-order valence-electron chi connectivity index (χ1n) is 3.92. The standard InChI is InChI=1S/C7H13N2O/c1-2-9-3-4-10-6-7(9)5-8-1/h7H,1-6H2. The van der Waals surface area contributed by atoms with E-state index in [2.05, 4.69) is 10.2 Å². The Morgan fingerprint density at radius 1 is 1.40 bits per heavy atom. The van der Waals surface area contributed by atoms with Crippen molar-refractivity contribution < 1.29 is 4.74 Å². The summed E-state index contributed by atoms with van der Waals surface area (Å²) in [4.78, 5) is 2.48. The Bertz CT molecular complexity index is 92.2. The van der Waals surface area contributed by atoms with E-state index in [0.29, 0.717) is 6.04 Å². The predicted molar refractivity (Wildman–Crippen MR) is 38.0 cm³/mol. The van der Waals surface area contributed by atoms with Gasteiger partial charge in [0.05, 0.1) is 13.2 Å². The topological polar surface area (TPSA) is 26.6 Å². The van der Waals surface area contributed by atoms with Crippen molar-refractivity contribution in [3.63, 3.8) is 0 Å². The van der Waals surface area contributed by atoms with Gasteiger partial charge in [-0.05, 0) is 0 Å². The van der Waals surface area contributed by atoms with Gasteiger partial charge in [0.25, 0.3) is 0 Å². The third-order valence-corrected chi connectivity index (χ3v) is 2.23. The average Bonchev–Trinajstić information content (AvgIpc) is 2.05. The summed E-state index contributed by atoms with van der Waals surface area (Å²) in [6.07, 6.45) is 0. The van der Waals surface area contributed by atoms with Crippen LogP contribution in [0.2, 0.25) is 0 Å². The van der Waals surface area contributed by atoms with Gasteiger partial charge < -0.3 is 4.74 Å². The molecule has 57 valence electrons. The van der Waals surface area contributed by atoms with Crippen LogP contribution < -0.4 is 5.32 Å². The van der Waals surface area contributed by atoms with Crippen LogP contribution in [0.1, 0.15) is 0 Å². The van der Waals surface area contributed by atoms with Crippen molar-refractivity contribution in [2.75, 3.05) is 39.4 Å². The highest BCUT2D eigenvalue weighted by Crippen LogP contribution is 2.08. The molecule has 0 N–H and O–H groups in total. The highest BCUT2D eigenvalue weighted by Gasteiger charge is 2.25. The number of hydrogen-bond donors (Lipinski definition) is 0. The lowest BCUT2D eigenvalue weighted by molar-refractivity contribution is -0.0175. The second-order valence-corrected chi connectivity index (χ2v) is 2.89. The second kappa shape index (κ2) is 2.86. The molecule has 2 heterocycles. The van der Waals surface area contributed by atoms with Gasteiger partial charge in [-0.3, -0.25) is 4.90 Å². The van der Waals surface area contributed by atoms with E-state index in [1.54, 1.807) is 0 Å². The zero-order valence-corrected chi connectivity index (χ0v) is 6.12. The molecule has 2 fully saturated rings. The molecule has 0 aliphatic carbocycles. The normalized spacial score (nSPS) is 35.4. The molecule has 0 aromatic rings. The van der Waals surface area contributed by atoms with Gasteiger partial charge in [0.2, 0.25) is 0 Å². The van der Waals surface area contributed by atoms with Crippen LogP contribution in [0.3, 0.4) is 0 Å². The van der Waals surface area contributed by atoms with Crippen molar-refractivity contribution in [2.45, 2.75) is 6.04 Å². The fourth-order valence-corrected chi connectivity index (χ4v) is 1.59. The molecule has 0 aromatic heterocycles. The van der Waals surface area contributed by atoms with Gasteiger partial charge in [0, 0.05) is 32.2 Å². The van der Waals surface area contributed by atoms with Gasteiger partial charge in [-0.25, -0.2) is 5.32 Å². The van der Waals surface area contributed by atoms with Crippen molar-refractivity contribution in [3.05, 3.63) is 0 Å². The largest absolute Gasteiger partial charge is 0.378 e. The van der Waals surface area contributed by atoms with Gasteiger partial charge in [-0.15, -0.1) is 0 Å². The summed E-state index contributed by atoms with van der Waals surface area (Å²) in [5.41, 5.74) is 0. The minimum absolute atomic E-state index is 0.600. The molecule has 0 spiro atoms. The average molecular weight is 141 g/mol. The highest BCUT2D eigenvalue weighted by atomic mass is 16.5. The van der Waals surface area contributed by atoms with E-state index in [0.717, 1.165) is 39.4 Å². The summed E-state index contributed by atoms with van der Waals surface area (Å²) < 4.78 is 5.34. The minimum Gasteiger partial charge on any atom is -0.378 e. The van der Waals surface area contributed by atoms with E-state index in [1.165, 1.54) is 0 Å². The molecule has 3 heteroatoms. The number of rotatable bonds is 0. The maximum atomic E-state index is 5.34. The first-order chi connectivity index (χ1) is 4.97. The predicted octanol–water partition coefficient (Wildman–Crippen LogP) is -0.695. The molecule has 1 atom stereocenters. The Morgan fingerprint density at radius 3 is 3.30 bits per heavy atom. The van der Waals surface area contributed by atoms with E-state index in [-0.39, 0.29) is 0 Å². The Morgan fingerprint density at radius 2 is 2.40 bits per heavy atom. The van der Waals surface area contributed by atoms with Gasteiger partial charge in [-0.2, -0.15) is 0 Å². The minimum atomic E-state index is 0.600. The van der Waals surface area contributed by atoms with E-state index < -0.39 is 0 Å². The van der Waals surface area contributed by atoms with Crippen molar-refractivity contribution in [1.29, 1.82) is 0 Å². The van der Waals surface area contributed by atoms with Crippen LogP contribution in [0.5, 0.6) is 0 Å². The molecule has 10 heavy (non-hydrogen) atoms. The quantitative estimate of drug-likeness (QED) is 0.446. The van der Waals surface area contributed by atoms with Gasteiger partial charge in [-0.1, -0.05) is 0 Å². The molecule has 2 saturated heterocycles. The fraction of sp³-hybridized carbons (Fsp3) is 1.00. The number of hydrogen-bond acceptors (Lipinski definition) is 2. The summed E-state index contributed by atoms with van der Waals surface area (Å²) in [6, 6.07) is 0.600. The Kier molecular flexibility index (Phi) is 1.88. The van der Waals surface area contributed by atoms with Crippen LogP contribution in [0.25, 0.3) is 0 Å². The highest BCUT2D eigenvalue weighted by molar-refractivity contribution is 4.81.